The summed E-state index contributed by atoms with van der Waals surface area (Å²) in [4.78, 5) is 4.36. The number of benzene rings is 1. The molecule has 1 fully saturated rings. The molecule has 21 heavy (non-hydrogen) atoms. The molecule has 0 aliphatic heterocycles. The van der Waals surface area contributed by atoms with Crippen molar-refractivity contribution in [1.82, 2.24) is 10.3 Å². The fraction of sp³-hybridized carbons (Fsp3) is 0.526. The van der Waals surface area contributed by atoms with Crippen molar-refractivity contribution >= 4 is 10.8 Å². The summed E-state index contributed by atoms with van der Waals surface area (Å²) < 4.78 is 0. The van der Waals surface area contributed by atoms with Crippen molar-refractivity contribution in [3.05, 3.63) is 42.2 Å². The minimum absolute atomic E-state index is 0.670. The van der Waals surface area contributed by atoms with Gasteiger partial charge in [0.25, 0.3) is 0 Å². The van der Waals surface area contributed by atoms with Gasteiger partial charge >= 0.3 is 0 Å². The van der Waals surface area contributed by atoms with Crippen molar-refractivity contribution < 1.29 is 0 Å². The summed E-state index contributed by atoms with van der Waals surface area (Å²) in [6.45, 7) is 3.46. The largest absolute Gasteiger partial charge is 0.319 e. The van der Waals surface area contributed by atoms with Crippen LogP contribution >= 0.6 is 0 Å². The Balaban J connectivity index is 2.00. The van der Waals surface area contributed by atoms with Crippen molar-refractivity contribution in [2.45, 2.75) is 38.5 Å². The molecule has 112 valence electrons. The van der Waals surface area contributed by atoms with Crippen molar-refractivity contribution in [3.8, 4) is 0 Å². The average Bonchev–Trinajstić information content (AvgIpc) is 2.55. The normalized spacial score (nSPS) is 26.1. The molecule has 2 aromatic rings. The first-order valence-corrected chi connectivity index (χ1v) is 8.30. The van der Waals surface area contributed by atoms with Gasteiger partial charge in [-0.25, -0.2) is 0 Å². The SMILES string of the molecule is CCC1CCC(CNC)C(c2cccc3ccncc23)C1. The Hall–Kier alpha value is -1.41. The topological polar surface area (TPSA) is 24.9 Å². The molecule has 0 spiro atoms. The molecule has 1 aliphatic carbocycles. The molecule has 1 aromatic carbocycles. The van der Waals surface area contributed by atoms with E-state index < -0.39 is 0 Å². The molecule has 1 heterocycles. The lowest BCUT2D eigenvalue weighted by Gasteiger charge is -2.37. The van der Waals surface area contributed by atoms with Crippen molar-refractivity contribution in [3.63, 3.8) is 0 Å². The van der Waals surface area contributed by atoms with Crippen LogP contribution in [0.4, 0.5) is 0 Å². The third kappa shape index (κ3) is 2.96. The third-order valence-corrected chi connectivity index (χ3v) is 5.26. The van der Waals surface area contributed by atoms with E-state index in [1.807, 2.05) is 6.20 Å². The predicted molar refractivity (Wildman–Crippen MR) is 89.5 cm³/mol. The van der Waals surface area contributed by atoms with Gasteiger partial charge in [-0.2, -0.15) is 0 Å². The summed E-state index contributed by atoms with van der Waals surface area (Å²) in [5.41, 5.74) is 1.51. The Kier molecular flexibility index (Phi) is 4.54. The van der Waals surface area contributed by atoms with E-state index >= 15 is 0 Å². The number of hydrogen-bond acceptors (Lipinski definition) is 2. The second-order valence-corrected chi connectivity index (χ2v) is 6.46. The smallest absolute Gasteiger partial charge is 0.0349 e. The molecule has 0 radical (unpaired) electrons. The number of pyridine rings is 1. The van der Waals surface area contributed by atoms with Crippen molar-refractivity contribution in [1.29, 1.82) is 0 Å². The molecule has 1 saturated carbocycles. The highest BCUT2D eigenvalue weighted by Crippen LogP contribution is 2.43. The molecule has 1 aromatic heterocycles. The minimum atomic E-state index is 0.670. The Morgan fingerprint density at radius 1 is 1.24 bits per heavy atom. The zero-order valence-electron chi connectivity index (χ0n) is 13.2. The van der Waals surface area contributed by atoms with E-state index in [1.54, 1.807) is 0 Å². The molecule has 0 bridgehead atoms. The van der Waals surface area contributed by atoms with Crippen LogP contribution in [-0.4, -0.2) is 18.6 Å². The van der Waals surface area contributed by atoms with Crippen molar-refractivity contribution in [2.24, 2.45) is 11.8 Å². The maximum absolute atomic E-state index is 4.36. The molecule has 0 saturated heterocycles. The second-order valence-electron chi connectivity index (χ2n) is 6.46. The van der Waals surface area contributed by atoms with Gasteiger partial charge in [0.05, 0.1) is 0 Å². The van der Waals surface area contributed by atoms with E-state index in [9.17, 15) is 0 Å². The number of aromatic nitrogens is 1. The highest BCUT2D eigenvalue weighted by atomic mass is 14.8. The van der Waals surface area contributed by atoms with Crippen LogP contribution in [0.5, 0.6) is 0 Å². The summed E-state index contributed by atoms with van der Waals surface area (Å²) in [5, 5.41) is 6.08. The van der Waals surface area contributed by atoms with Gasteiger partial charge in [-0.1, -0.05) is 38.0 Å². The molecular formula is C19H26N2. The molecule has 3 unspecified atom stereocenters. The molecule has 1 N–H and O–H groups in total. The second kappa shape index (κ2) is 6.57. The van der Waals surface area contributed by atoms with Crippen LogP contribution in [0.1, 0.15) is 44.1 Å². The summed E-state index contributed by atoms with van der Waals surface area (Å²) in [6.07, 6.45) is 9.33. The van der Waals surface area contributed by atoms with E-state index in [1.165, 1.54) is 42.0 Å². The number of nitrogens with zero attached hydrogens (tertiary/aromatic N) is 1. The first kappa shape index (κ1) is 14.5. The van der Waals surface area contributed by atoms with Crippen LogP contribution in [0, 0.1) is 11.8 Å². The van der Waals surface area contributed by atoms with Gasteiger partial charge in [-0.3, -0.25) is 4.98 Å². The van der Waals surface area contributed by atoms with Gasteiger partial charge in [0, 0.05) is 17.8 Å². The first-order valence-electron chi connectivity index (χ1n) is 8.30. The molecule has 3 atom stereocenters. The molecule has 3 rings (SSSR count). The molecule has 2 heteroatoms. The quantitative estimate of drug-likeness (QED) is 0.901. The molecule has 2 nitrogen and oxygen atoms in total. The Bertz CT molecular complexity index is 588. The highest BCUT2D eigenvalue weighted by Gasteiger charge is 2.31. The van der Waals surface area contributed by atoms with Crippen LogP contribution in [-0.2, 0) is 0 Å². The fourth-order valence-corrected chi connectivity index (χ4v) is 4.04. The number of nitrogens with one attached hydrogen (secondary N) is 1. The first-order chi connectivity index (χ1) is 10.3. The Morgan fingerprint density at radius 3 is 2.95 bits per heavy atom. The maximum atomic E-state index is 4.36. The molecular weight excluding hydrogens is 256 g/mol. The van der Waals surface area contributed by atoms with E-state index in [-0.39, 0.29) is 0 Å². The fourth-order valence-electron chi connectivity index (χ4n) is 4.04. The summed E-state index contributed by atoms with van der Waals surface area (Å²) in [6, 6.07) is 8.87. The predicted octanol–water partition coefficient (Wildman–Crippen LogP) is 4.36. The highest BCUT2D eigenvalue weighted by molar-refractivity contribution is 5.85. The number of rotatable bonds is 4. The van der Waals surface area contributed by atoms with Crippen LogP contribution in [0.2, 0.25) is 0 Å². The zero-order valence-corrected chi connectivity index (χ0v) is 13.2. The lowest BCUT2D eigenvalue weighted by Crippen LogP contribution is -2.30. The van der Waals surface area contributed by atoms with E-state index in [0.29, 0.717) is 5.92 Å². The maximum Gasteiger partial charge on any atom is 0.0349 e. The minimum Gasteiger partial charge on any atom is -0.319 e. The number of fused-ring (bicyclic) bond motifs is 1. The van der Waals surface area contributed by atoms with Crippen LogP contribution in [0.25, 0.3) is 10.8 Å². The summed E-state index contributed by atoms with van der Waals surface area (Å²) in [7, 11) is 2.08. The number of hydrogen-bond donors (Lipinski definition) is 1. The summed E-state index contributed by atoms with van der Waals surface area (Å²) in [5.74, 6) is 2.31. The van der Waals surface area contributed by atoms with E-state index in [2.05, 4.69) is 54.7 Å². The monoisotopic (exact) mass is 282 g/mol. The van der Waals surface area contributed by atoms with Gasteiger partial charge in [-0.15, -0.1) is 0 Å². The van der Waals surface area contributed by atoms with Gasteiger partial charge in [0.2, 0.25) is 0 Å². The van der Waals surface area contributed by atoms with Crippen LogP contribution < -0.4 is 5.32 Å². The van der Waals surface area contributed by atoms with E-state index in [0.717, 1.165) is 18.4 Å². The van der Waals surface area contributed by atoms with Gasteiger partial charge in [0.1, 0.15) is 0 Å². The van der Waals surface area contributed by atoms with E-state index in [4.69, 9.17) is 0 Å². The van der Waals surface area contributed by atoms with Crippen LogP contribution in [0.3, 0.4) is 0 Å². The zero-order chi connectivity index (χ0) is 14.7. The summed E-state index contributed by atoms with van der Waals surface area (Å²) >= 11 is 0. The van der Waals surface area contributed by atoms with Crippen molar-refractivity contribution in [2.75, 3.05) is 13.6 Å². The Labute approximate surface area is 128 Å². The third-order valence-electron chi connectivity index (χ3n) is 5.26. The lowest BCUT2D eigenvalue weighted by molar-refractivity contribution is 0.229. The molecule has 0 amide bonds. The van der Waals surface area contributed by atoms with Gasteiger partial charge in [0.15, 0.2) is 0 Å². The van der Waals surface area contributed by atoms with Gasteiger partial charge < -0.3 is 5.32 Å². The van der Waals surface area contributed by atoms with Gasteiger partial charge in [-0.05, 0) is 61.2 Å². The van der Waals surface area contributed by atoms with Crippen LogP contribution in [0.15, 0.2) is 36.7 Å². The Morgan fingerprint density at radius 2 is 2.14 bits per heavy atom. The average molecular weight is 282 g/mol. The molecule has 1 aliphatic rings. The lowest BCUT2D eigenvalue weighted by atomic mass is 9.69. The standard InChI is InChI=1S/C19H26N2/c1-3-14-7-8-16(12-20-2)18(11-14)17-6-4-5-15-9-10-21-13-19(15)17/h4-6,9-10,13-14,16,18,20H,3,7-8,11-12H2,1-2H3.